The molecule has 0 fully saturated rings. The molecule has 4 nitrogen and oxygen atoms in total. The van der Waals surface area contributed by atoms with Gasteiger partial charge in [-0.2, -0.15) is 0 Å². The Morgan fingerprint density at radius 2 is 2.13 bits per heavy atom. The average Bonchev–Trinajstić information content (AvgIpc) is 2.94. The van der Waals surface area contributed by atoms with E-state index in [-0.39, 0.29) is 18.7 Å². The van der Waals surface area contributed by atoms with E-state index in [1.807, 2.05) is 18.5 Å². The lowest BCUT2D eigenvalue weighted by molar-refractivity contribution is 0.299. The summed E-state index contributed by atoms with van der Waals surface area (Å²) in [6.45, 7) is 2.35. The summed E-state index contributed by atoms with van der Waals surface area (Å²) in [4.78, 5) is 7.83. The molecule has 4 rings (SSSR count). The van der Waals surface area contributed by atoms with Crippen LogP contribution in [0.2, 0.25) is 0 Å². The van der Waals surface area contributed by atoms with Crippen LogP contribution in [0.1, 0.15) is 41.4 Å². The summed E-state index contributed by atoms with van der Waals surface area (Å²) in [5.74, 6) is 0. The Labute approximate surface area is 135 Å². The molecule has 0 radical (unpaired) electrons. The van der Waals surface area contributed by atoms with E-state index in [2.05, 4.69) is 46.5 Å². The maximum Gasteiger partial charge on any atom is 0.0521 e. The topological polar surface area (TPSA) is 60.9 Å². The second-order valence-electron chi connectivity index (χ2n) is 6.26. The molecule has 3 N–H and O–H groups in total. The number of pyridine rings is 1. The second-order valence-corrected chi connectivity index (χ2v) is 6.26. The van der Waals surface area contributed by atoms with Crippen molar-refractivity contribution in [2.45, 2.75) is 31.8 Å². The van der Waals surface area contributed by atoms with E-state index >= 15 is 0 Å². The van der Waals surface area contributed by atoms with Gasteiger partial charge in [-0.3, -0.25) is 4.98 Å². The number of aromatic amines is 1. The molecule has 0 bridgehead atoms. The molecule has 1 aromatic carbocycles. The number of aliphatic hydroxyl groups excluding tert-OH is 1. The molecule has 3 aromatic rings. The zero-order chi connectivity index (χ0) is 15.8. The summed E-state index contributed by atoms with van der Waals surface area (Å²) in [5.41, 5.74) is 6.20. The SMILES string of the molecule is C[C@@H]1N[C@H](c2[nH]c3ccccc3c2CCO)Cc2ccncc21. The van der Waals surface area contributed by atoms with Gasteiger partial charge in [0.1, 0.15) is 0 Å². The molecule has 1 aliphatic heterocycles. The first-order chi connectivity index (χ1) is 11.3. The third kappa shape index (κ3) is 2.44. The molecule has 0 saturated heterocycles. The summed E-state index contributed by atoms with van der Waals surface area (Å²) in [7, 11) is 0. The van der Waals surface area contributed by atoms with Crippen LogP contribution in [0.3, 0.4) is 0 Å². The molecule has 0 aliphatic carbocycles. The quantitative estimate of drug-likeness (QED) is 0.697. The number of benzene rings is 1. The van der Waals surface area contributed by atoms with Gasteiger partial charge in [0.15, 0.2) is 0 Å². The lowest BCUT2D eigenvalue weighted by Gasteiger charge is -2.31. The van der Waals surface area contributed by atoms with E-state index in [9.17, 15) is 5.11 Å². The molecule has 0 amide bonds. The molecular weight excluding hydrogens is 286 g/mol. The molecule has 0 spiro atoms. The average molecular weight is 307 g/mol. The zero-order valence-corrected chi connectivity index (χ0v) is 13.2. The number of nitrogens with zero attached hydrogens (tertiary/aromatic N) is 1. The van der Waals surface area contributed by atoms with Crippen LogP contribution < -0.4 is 5.32 Å². The Bertz CT molecular complexity index is 840. The van der Waals surface area contributed by atoms with Crippen molar-refractivity contribution in [1.82, 2.24) is 15.3 Å². The Morgan fingerprint density at radius 3 is 3.00 bits per heavy atom. The summed E-state index contributed by atoms with van der Waals surface area (Å²) >= 11 is 0. The molecule has 2 atom stereocenters. The van der Waals surface area contributed by atoms with Gasteiger partial charge in [0.25, 0.3) is 0 Å². The van der Waals surface area contributed by atoms with E-state index in [0.29, 0.717) is 6.42 Å². The number of hydrogen-bond donors (Lipinski definition) is 3. The Hall–Kier alpha value is -2.17. The van der Waals surface area contributed by atoms with Gasteiger partial charge < -0.3 is 15.4 Å². The number of rotatable bonds is 3. The summed E-state index contributed by atoms with van der Waals surface area (Å²) in [5, 5.41) is 14.4. The van der Waals surface area contributed by atoms with E-state index in [0.717, 1.165) is 11.9 Å². The number of para-hydroxylation sites is 1. The standard InChI is InChI=1S/C19H21N3O/c1-12-16-11-20-8-6-13(16)10-18(21-12)19-15(7-9-23)14-4-2-3-5-17(14)22-19/h2-6,8,11-12,18,21-23H,7,9-10H2,1H3/t12-,18-/m0/s1. The number of H-pyrrole nitrogens is 1. The first-order valence-corrected chi connectivity index (χ1v) is 8.17. The molecule has 0 unspecified atom stereocenters. The minimum absolute atomic E-state index is 0.164. The minimum Gasteiger partial charge on any atom is -0.396 e. The van der Waals surface area contributed by atoms with E-state index in [4.69, 9.17) is 0 Å². The van der Waals surface area contributed by atoms with Crippen LogP contribution in [0.4, 0.5) is 0 Å². The van der Waals surface area contributed by atoms with Crippen molar-refractivity contribution in [1.29, 1.82) is 0 Å². The van der Waals surface area contributed by atoms with Gasteiger partial charge in [-0.1, -0.05) is 18.2 Å². The fraction of sp³-hybridized carbons (Fsp3) is 0.316. The summed E-state index contributed by atoms with van der Waals surface area (Å²) in [6, 6.07) is 10.9. The minimum atomic E-state index is 0.164. The van der Waals surface area contributed by atoms with Gasteiger partial charge in [-0.15, -0.1) is 0 Å². The van der Waals surface area contributed by atoms with E-state index < -0.39 is 0 Å². The lowest BCUT2D eigenvalue weighted by atomic mass is 9.89. The largest absolute Gasteiger partial charge is 0.396 e. The summed E-state index contributed by atoms with van der Waals surface area (Å²) < 4.78 is 0. The van der Waals surface area contributed by atoms with Crippen molar-refractivity contribution < 1.29 is 5.11 Å². The molecule has 2 aromatic heterocycles. The normalized spacial score (nSPS) is 20.6. The predicted molar refractivity (Wildman–Crippen MR) is 91.3 cm³/mol. The molecule has 23 heavy (non-hydrogen) atoms. The molecule has 118 valence electrons. The monoisotopic (exact) mass is 307 g/mol. The van der Waals surface area contributed by atoms with Crippen molar-refractivity contribution >= 4 is 10.9 Å². The fourth-order valence-electron chi connectivity index (χ4n) is 3.77. The molecule has 3 heterocycles. The van der Waals surface area contributed by atoms with Gasteiger partial charge in [-0.05, 0) is 48.6 Å². The number of nitrogens with one attached hydrogen (secondary N) is 2. The number of aromatic nitrogens is 2. The second kappa shape index (κ2) is 5.80. The molecule has 0 saturated carbocycles. The van der Waals surface area contributed by atoms with E-state index in [1.165, 1.54) is 27.8 Å². The Morgan fingerprint density at radius 1 is 1.26 bits per heavy atom. The summed E-state index contributed by atoms with van der Waals surface area (Å²) in [6.07, 6.45) is 5.44. The Kier molecular flexibility index (Phi) is 3.63. The number of fused-ring (bicyclic) bond motifs is 2. The van der Waals surface area contributed by atoms with Crippen molar-refractivity contribution in [2.24, 2.45) is 0 Å². The van der Waals surface area contributed by atoms with E-state index in [1.54, 1.807) is 0 Å². The first kappa shape index (κ1) is 14.4. The lowest BCUT2D eigenvalue weighted by Crippen LogP contribution is -2.32. The van der Waals surface area contributed by atoms with Crippen LogP contribution >= 0.6 is 0 Å². The van der Waals surface area contributed by atoms with Gasteiger partial charge in [0.05, 0.1) is 6.04 Å². The maximum absolute atomic E-state index is 9.49. The van der Waals surface area contributed by atoms with Crippen LogP contribution in [0, 0.1) is 0 Å². The van der Waals surface area contributed by atoms with Gasteiger partial charge in [-0.25, -0.2) is 0 Å². The van der Waals surface area contributed by atoms with Crippen LogP contribution in [0.25, 0.3) is 10.9 Å². The molecule has 1 aliphatic rings. The third-order valence-electron chi connectivity index (χ3n) is 4.84. The highest BCUT2D eigenvalue weighted by Crippen LogP contribution is 2.34. The number of aliphatic hydroxyl groups is 1. The van der Waals surface area contributed by atoms with Crippen LogP contribution in [-0.4, -0.2) is 21.7 Å². The van der Waals surface area contributed by atoms with Crippen molar-refractivity contribution in [2.75, 3.05) is 6.61 Å². The van der Waals surface area contributed by atoms with Gasteiger partial charge in [0, 0.05) is 41.6 Å². The van der Waals surface area contributed by atoms with Crippen LogP contribution in [-0.2, 0) is 12.8 Å². The molecular formula is C19H21N3O. The van der Waals surface area contributed by atoms with Gasteiger partial charge in [0.2, 0.25) is 0 Å². The number of hydrogen-bond acceptors (Lipinski definition) is 3. The highest BCUT2D eigenvalue weighted by molar-refractivity contribution is 5.85. The Balaban J connectivity index is 1.79. The zero-order valence-electron chi connectivity index (χ0n) is 13.2. The predicted octanol–water partition coefficient (Wildman–Crippen LogP) is 3.05. The first-order valence-electron chi connectivity index (χ1n) is 8.17. The van der Waals surface area contributed by atoms with Crippen LogP contribution in [0.5, 0.6) is 0 Å². The highest BCUT2D eigenvalue weighted by Gasteiger charge is 2.27. The third-order valence-corrected chi connectivity index (χ3v) is 4.84. The molecule has 4 heteroatoms. The van der Waals surface area contributed by atoms with Crippen molar-refractivity contribution in [3.05, 3.63) is 65.1 Å². The fourth-order valence-corrected chi connectivity index (χ4v) is 3.77. The maximum atomic E-state index is 9.49. The van der Waals surface area contributed by atoms with Crippen LogP contribution in [0.15, 0.2) is 42.7 Å². The van der Waals surface area contributed by atoms with Crippen molar-refractivity contribution in [3.63, 3.8) is 0 Å². The van der Waals surface area contributed by atoms with Gasteiger partial charge >= 0.3 is 0 Å². The van der Waals surface area contributed by atoms with Crippen molar-refractivity contribution in [3.8, 4) is 0 Å². The smallest absolute Gasteiger partial charge is 0.0521 e. The highest BCUT2D eigenvalue weighted by atomic mass is 16.2.